The molecule has 0 aliphatic heterocycles. The van der Waals surface area contributed by atoms with Crippen LogP contribution >= 0.6 is 0 Å². The summed E-state index contributed by atoms with van der Waals surface area (Å²) in [6, 6.07) is 7.98. The molecule has 1 aliphatic rings. The SMILES string of the molecule is C[C@@H]1CCCC[C@@]1(C)c1ccc(OC(C)(C)C(=O)O)cc1. The van der Waals surface area contributed by atoms with Crippen molar-refractivity contribution >= 4 is 5.97 Å². The largest absolute Gasteiger partial charge is 0.478 e. The molecule has 0 bridgehead atoms. The highest BCUT2D eigenvalue weighted by molar-refractivity contribution is 5.76. The number of aliphatic carboxylic acids is 1. The Bertz CT molecular complexity index is 504. The van der Waals surface area contributed by atoms with E-state index in [1.807, 2.05) is 12.1 Å². The van der Waals surface area contributed by atoms with Crippen LogP contribution in [0.1, 0.15) is 58.9 Å². The van der Waals surface area contributed by atoms with Crippen LogP contribution in [0.5, 0.6) is 5.75 Å². The second-order valence-electron chi connectivity index (χ2n) is 7.01. The van der Waals surface area contributed by atoms with Crippen LogP contribution in [0.25, 0.3) is 0 Å². The lowest BCUT2D eigenvalue weighted by Crippen LogP contribution is -2.38. The zero-order valence-corrected chi connectivity index (χ0v) is 13.5. The number of carbonyl (C=O) groups is 1. The molecule has 1 fully saturated rings. The van der Waals surface area contributed by atoms with Gasteiger partial charge in [-0.3, -0.25) is 0 Å². The zero-order chi connectivity index (χ0) is 15.7. The van der Waals surface area contributed by atoms with Gasteiger partial charge in [0.05, 0.1) is 0 Å². The van der Waals surface area contributed by atoms with Crippen LogP contribution in [0, 0.1) is 5.92 Å². The van der Waals surface area contributed by atoms with Gasteiger partial charge in [-0.05, 0) is 55.7 Å². The van der Waals surface area contributed by atoms with Gasteiger partial charge in [-0.15, -0.1) is 0 Å². The van der Waals surface area contributed by atoms with Crippen molar-refractivity contribution in [1.82, 2.24) is 0 Å². The van der Waals surface area contributed by atoms with Crippen LogP contribution in [0.4, 0.5) is 0 Å². The summed E-state index contributed by atoms with van der Waals surface area (Å²) in [5.41, 5.74) is 0.345. The molecule has 1 saturated carbocycles. The molecule has 0 unspecified atom stereocenters. The van der Waals surface area contributed by atoms with Crippen molar-refractivity contribution in [3.63, 3.8) is 0 Å². The smallest absolute Gasteiger partial charge is 0.347 e. The van der Waals surface area contributed by atoms with Crippen LogP contribution in [-0.2, 0) is 10.2 Å². The topological polar surface area (TPSA) is 46.5 Å². The number of carboxylic acid groups (broad SMARTS) is 1. The molecule has 2 atom stereocenters. The molecule has 0 radical (unpaired) electrons. The van der Waals surface area contributed by atoms with Gasteiger partial charge in [0, 0.05) is 0 Å². The zero-order valence-electron chi connectivity index (χ0n) is 13.5. The van der Waals surface area contributed by atoms with Crippen molar-refractivity contribution in [2.45, 2.75) is 64.4 Å². The molecule has 1 aliphatic carbocycles. The summed E-state index contributed by atoms with van der Waals surface area (Å²) >= 11 is 0. The van der Waals surface area contributed by atoms with Crippen LogP contribution in [0.2, 0.25) is 0 Å². The number of hydrogen-bond donors (Lipinski definition) is 1. The van der Waals surface area contributed by atoms with Gasteiger partial charge >= 0.3 is 5.97 Å². The predicted octanol–water partition coefficient (Wildman–Crippen LogP) is 4.40. The summed E-state index contributed by atoms with van der Waals surface area (Å²) < 4.78 is 5.57. The number of carboxylic acids is 1. The number of hydrogen-bond acceptors (Lipinski definition) is 2. The number of rotatable bonds is 4. The fraction of sp³-hybridized carbons (Fsp3) is 0.611. The minimum Gasteiger partial charge on any atom is -0.478 e. The molecule has 0 spiro atoms. The Labute approximate surface area is 127 Å². The Balaban J connectivity index is 2.17. The lowest BCUT2D eigenvalue weighted by atomic mass is 9.64. The molecule has 0 amide bonds. The maximum absolute atomic E-state index is 11.1. The van der Waals surface area contributed by atoms with E-state index in [1.165, 1.54) is 31.2 Å². The Morgan fingerprint density at radius 3 is 2.43 bits per heavy atom. The van der Waals surface area contributed by atoms with Crippen molar-refractivity contribution in [2.75, 3.05) is 0 Å². The standard InChI is InChI=1S/C18H26O3/c1-13-7-5-6-12-18(13,4)14-8-10-15(11-9-14)21-17(2,3)16(19)20/h8-11,13H,5-7,12H2,1-4H3,(H,19,20)/t13-,18-/m1/s1. The molecule has 0 aromatic heterocycles. The first kappa shape index (κ1) is 15.9. The first-order valence-corrected chi connectivity index (χ1v) is 7.79. The third-order valence-corrected chi connectivity index (χ3v) is 5.07. The highest BCUT2D eigenvalue weighted by atomic mass is 16.5. The monoisotopic (exact) mass is 290 g/mol. The Hall–Kier alpha value is -1.51. The van der Waals surface area contributed by atoms with E-state index >= 15 is 0 Å². The van der Waals surface area contributed by atoms with Gasteiger partial charge in [0.15, 0.2) is 5.60 Å². The van der Waals surface area contributed by atoms with E-state index in [0.29, 0.717) is 11.7 Å². The van der Waals surface area contributed by atoms with Crippen LogP contribution < -0.4 is 4.74 Å². The molecule has 2 rings (SSSR count). The quantitative estimate of drug-likeness (QED) is 0.894. The molecule has 0 heterocycles. The minimum atomic E-state index is -1.20. The van der Waals surface area contributed by atoms with Gasteiger partial charge in [0.2, 0.25) is 0 Å². The second-order valence-corrected chi connectivity index (χ2v) is 7.01. The van der Waals surface area contributed by atoms with Crippen molar-refractivity contribution in [3.8, 4) is 5.75 Å². The van der Waals surface area contributed by atoms with E-state index in [1.54, 1.807) is 13.8 Å². The van der Waals surface area contributed by atoms with E-state index in [9.17, 15) is 4.79 Å². The van der Waals surface area contributed by atoms with E-state index < -0.39 is 11.6 Å². The maximum Gasteiger partial charge on any atom is 0.347 e. The predicted molar refractivity (Wildman–Crippen MR) is 83.8 cm³/mol. The van der Waals surface area contributed by atoms with Crippen LogP contribution in [0.3, 0.4) is 0 Å². The average molecular weight is 290 g/mol. The summed E-state index contributed by atoms with van der Waals surface area (Å²) in [5, 5.41) is 9.11. The molecule has 1 N–H and O–H groups in total. The van der Waals surface area contributed by atoms with Crippen molar-refractivity contribution in [2.24, 2.45) is 5.92 Å². The molecular weight excluding hydrogens is 264 g/mol. The third kappa shape index (κ3) is 3.22. The minimum absolute atomic E-state index is 0.221. The Morgan fingerprint density at radius 2 is 1.90 bits per heavy atom. The van der Waals surface area contributed by atoms with Gasteiger partial charge in [-0.25, -0.2) is 4.79 Å². The molecular formula is C18H26O3. The van der Waals surface area contributed by atoms with Crippen LogP contribution in [0.15, 0.2) is 24.3 Å². The highest BCUT2D eigenvalue weighted by Gasteiger charge is 2.35. The van der Waals surface area contributed by atoms with E-state index in [0.717, 1.165) is 0 Å². The summed E-state index contributed by atoms with van der Waals surface area (Å²) in [6.45, 7) is 7.80. The van der Waals surface area contributed by atoms with Gasteiger partial charge in [-0.1, -0.05) is 38.8 Å². The molecule has 0 saturated heterocycles. The fourth-order valence-electron chi connectivity index (χ4n) is 3.18. The Morgan fingerprint density at radius 1 is 1.29 bits per heavy atom. The molecule has 3 nitrogen and oxygen atoms in total. The first-order chi connectivity index (χ1) is 9.75. The third-order valence-electron chi connectivity index (χ3n) is 5.07. The van der Waals surface area contributed by atoms with E-state index in [4.69, 9.17) is 9.84 Å². The molecule has 1 aromatic rings. The average Bonchev–Trinajstić information content (AvgIpc) is 2.42. The summed E-state index contributed by atoms with van der Waals surface area (Å²) in [5.74, 6) is 0.325. The summed E-state index contributed by atoms with van der Waals surface area (Å²) in [4.78, 5) is 11.1. The highest BCUT2D eigenvalue weighted by Crippen LogP contribution is 2.43. The summed E-state index contributed by atoms with van der Waals surface area (Å²) in [6.07, 6.45) is 5.10. The van der Waals surface area contributed by atoms with Crippen molar-refractivity contribution in [3.05, 3.63) is 29.8 Å². The van der Waals surface area contributed by atoms with Gasteiger partial charge in [-0.2, -0.15) is 0 Å². The van der Waals surface area contributed by atoms with Crippen molar-refractivity contribution in [1.29, 1.82) is 0 Å². The van der Waals surface area contributed by atoms with Gasteiger partial charge in [0.1, 0.15) is 5.75 Å². The van der Waals surface area contributed by atoms with Crippen molar-refractivity contribution < 1.29 is 14.6 Å². The lowest BCUT2D eigenvalue weighted by molar-refractivity contribution is -0.152. The number of benzene rings is 1. The maximum atomic E-state index is 11.1. The Kier molecular flexibility index (Phi) is 4.31. The lowest BCUT2D eigenvalue weighted by Gasteiger charge is -2.40. The van der Waals surface area contributed by atoms with E-state index in [2.05, 4.69) is 26.0 Å². The van der Waals surface area contributed by atoms with Gasteiger partial charge in [0.25, 0.3) is 0 Å². The molecule has 21 heavy (non-hydrogen) atoms. The number of ether oxygens (including phenoxy) is 1. The first-order valence-electron chi connectivity index (χ1n) is 7.79. The fourth-order valence-corrected chi connectivity index (χ4v) is 3.18. The van der Waals surface area contributed by atoms with E-state index in [-0.39, 0.29) is 5.41 Å². The molecule has 1 aromatic carbocycles. The van der Waals surface area contributed by atoms with Crippen LogP contribution in [-0.4, -0.2) is 16.7 Å². The normalized spacial score (nSPS) is 26.4. The molecule has 116 valence electrons. The van der Waals surface area contributed by atoms with Gasteiger partial charge < -0.3 is 9.84 Å². The summed E-state index contributed by atoms with van der Waals surface area (Å²) in [7, 11) is 0. The molecule has 3 heteroatoms. The second kappa shape index (κ2) is 5.70.